The van der Waals surface area contributed by atoms with Crippen molar-refractivity contribution in [1.82, 2.24) is 0 Å². The van der Waals surface area contributed by atoms with Gasteiger partial charge >= 0.3 is 6.18 Å². The van der Waals surface area contributed by atoms with Gasteiger partial charge < -0.3 is 15.2 Å². The monoisotopic (exact) mass is 201 g/mol. The molecule has 0 rings (SSSR count). The first-order valence-corrected chi connectivity index (χ1v) is 3.93. The zero-order valence-corrected chi connectivity index (χ0v) is 7.43. The summed E-state index contributed by atoms with van der Waals surface area (Å²) in [5, 5.41) is 0. The van der Waals surface area contributed by atoms with Crippen LogP contribution < -0.4 is 5.73 Å². The molecule has 6 heteroatoms. The van der Waals surface area contributed by atoms with Gasteiger partial charge in [-0.15, -0.1) is 0 Å². The summed E-state index contributed by atoms with van der Waals surface area (Å²) in [6.07, 6.45) is -4.29. The average molecular weight is 201 g/mol. The van der Waals surface area contributed by atoms with Crippen LogP contribution in [0.1, 0.15) is 6.92 Å². The lowest BCUT2D eigenvalue weighted by molar-refractivity contribution is -0.175. The summed E-state index contributed by atoms with van der Waals surface area (Å²) in [5.74, 6) is 0. The fraction of sp³-hybridized carbons (Fsp3) is 1.00. The topological polar surface area (TPSA) is 44.5 Å². The van der Waals surface area contributed by atoms with E-state index in [1.165, 1.54) is 0 Å². The molecule has 80 valence electrons. The van der Waals surface area contributed by atoms with Crippen LogP contribution in [0, 0.1) is 0 Å². The molecular weight excluding hydrogens is 187 g/mol. The maximum absolute atomic E-state index is 11.6. The highest BCUT2D eigenvalue weighted by Crippen LogP contribution is 2.14. The van der Waals surface area contributed by atoms with E-state index < -0.39 is 18.8 Å². The van der Waals surface area contributed by atoms with Crippen LogP contribution in [0.4, 0.5) is 13.2 Å². The maximum atomic E-state index is 11.6. The van der Waals surface area contributed by atoms with E-state index in [0.29, 0.717) is 6.61 Å². The normalized spacial score (nSPS) is 14.5. The minimum absolute atomic E-state index is 0.139. The van der Waals surface area contributed by atoms with Crippen LogP contribution >= 0.6 is 0 Å². The number of halogens is 3. The van der Waals surface area contributed by atoms with Gasteiger partial charge in [0.2, 0.25) is 0 Å². The lowest BCUT2D eigenvalue weighted by Gasteiger charge is -2.12. The van der Waals surface area contributed by atoms with Crippen LogP contribution in [0.15, 0.2) is 0 Å². The van der Waals surface area contributed by atoms with Crippen molar-refractivity contribution in [2.24, 2.45) is 5.73 Å². The van der Waals surface area contributed by atoms with E-state index in [4.69, 9.17) is 10.5 Å². The minimum atomic E-state index is -4.29. The molecule has 0 aromatic rings. The van der Waals surface area contributed by atoms with E-state index in [9.17, 15) is 13.2 Å². The number of hydrogen-bond acceptors (Lipinski definition) is 3. The van der Waals surface area contributed by atoms with Crippen molar-refractivity contribution in [1.29, 1.82) is 0 Å². The lowest BCUT2D eigenvalue weighted by Crippen LogP contribution is -2.33. The molecule has 0 aromatic heterocycles. The quantitative estimate of drug-likeness (QED) is 0.695. The maximum Gasteiger partial charge on any atom is 0.411 e. The molecule has 0 aromatic carbocycles. The van der Waals surface area contributed by atoms with Gasteiger partial charge in [0.05, 0.1) is 19.3 Å². The SMILES string of the molecule is CCOCC(N)COCC(F)(F)F. The predicted octanol–water partition coefficient (Wildman–Crippen LogP) is 0.929. The Labute approximate surface area is 75.0 Å². The highest BCUT2D eigenvalue weighted by Gasteiger charge is 2.27. The second-order valence-corrected chi connectivity index (χ2v) is 2.55. The number of hydrogen-bond donors (Lipinski definition) is 1. The van der Waals surface area contributed by atoms with Crippen molar-refractivity contribution in [3.63, 3.8) is 0 Å². The van der Waals surface area contributed by atoms with Gasteiger partial charge in [0.1, 0.15) is 6.61 Å². The van der Waals surface area contributed by atoms with E-state index in [1.807, 2.05) is 0 Å². The number of alkyl halides is 3. The molecule has 0 aliphatic carbocycles. The number of ether oxygens (including phenoxy) is 2. The minimum Gasteiger partial charge on any atom is -0.380 e. The molecule has 0 amide bonds. The molecule has 0 spiro atoms. The Bertz CT molecular complexity index is 129. The van der Waals surface area contributed by atoms with E-state index in [0.717, 1.165) is 0 Å². The van der Waals surface area contributed by atoms with Crippen molar-refractivity contribution >= 4 is 0 Å². The molecule has 0 aliphatic rings. The Hall–Kier alpha value is -0.330. The molecule has 1 unspecified atom stereocenters. The van der Waals surface area contributed by atoms with Crippen molar-refractivity contribution in [3.05, 3.63) is 0 Å². The summed E-state index contributed by atoms with van der Waals surface area (Å²) in [4.78, 5) is 0. The Morgan fingerprint density at radius 2 is 1.77 bits per heavy atom. The zero-order valence-electron chi connectivity index (χ0n) is 7.43. The molecule has 2 N–H and O–H groups in total. The average Bonchev–Trinajstić information content (AvgIpc) is 1.98. The Morgan fingerprint density at radius 3 is 2.23 bits per heavy atom. The van der Waals surface area contributed by atoms with Crippen LogP contribution in [0.3, 0.4) is 0 Å². The van der Waals surface area contributed by atoms with Gasteiger partial charge in [-0.2, -0.15) is 13.2 Å². The van der Waals surface area contributed by atoms with Gasteiger partial charge in [0.25, 0.3) is 0 Å². The first-order valence-electron chi connectivity index (χ1n) is 3.93. The van der Waals surface area contributed by atoms with Crippen molar-refractivity contribution in [2.75, 3.05) is 26.4 Å². The Kier molecular flexibility index (Phi) is 6.02. The summed E-state index contributed by atoms with van der Waals surface area (Å²) in [7, 11) is 0. The van der Waals surface area contributed by atoms with E-state index in [1.54, 1.807) is 6.92 Å². The molecule has 0 aliphatic heterocycles. The predicted molar refractivity (Wildman–Crippen MR) is 41.3 cm³/mol. The standard InChI is InChI=1S/C7H14F3NO2/c1-2-12-3-6(11)4-13-5-7(8,9)10/h6H,2-5,11H2,1H3. The van der Waals surface area contributed by atoms with E-state index in [2.05, 4.69) is 4.74 Å². The van der Waals surface area contributed by atoms with Crippen LogP contribution in [-0.2, 0) is 9.47 Å². The van der Waals surface area contributed by atoms with Gasteiger partial charge in [-0.3, -0.25) is 0 Å². The molecule has 1 atom stereocenters. The largest absolute Gasteiger partial charge is 0.411 e. The van der Waals surface area contributed by atoms with E-state index in [-0.39, 0.29) is 13.2 Å². The molecule has 0 fully saturated rings. The fourth-order valence-corrected chi connectivity index (χ4v) is 0.643. The van der Waals surface area contributed by atoms with E-state index >= 15 is 0 Å². The Balaban J connectivity index is 3.31. The third kappa shape index (κ3) is 9.59. The van der Waals surface area contributed by atoms with Crippen molar-refractivity contribution < 1.29 is 22.6 Å². The molecular formula is C7H14F3NO2. The number of rotatable bonds is 6. The highest BCUT2D eigenvalue weighted by molar-refractivity contribution is 4.58. The molecule has 0 saturated carbocycles. The lowest BCUT2D eigenvalue weighted by atomic mass is 10.4. The van der Waals surface area contributed by atoms with Gasteiger partial charge in [-0.05, 0) is 6.92 Å². The smallest absolute Gasteiger partial charge is 0.380 e. The van der Waals surface area contributed by atoms with Gasteiger partial charge in [-0.25, -0.2) is 0 Å². The van der Waals surface area contributed by atoms with Crippen LogP contribution in [-0.4, -0.2) is 38.6 Å². The summed E-state index contributed by atoms with van der Waals surface area (Å²) in [5.41, 5.74) is 5.37. The fourth-order valence-electron chi connectivity index (χ4n) is 0.643. The van der Waals surface area contributed by atoms with Crippen LogP contribution in [0.5, 0.6) is 0 Å². The second-order valence-electron chi connectivity index (χ2n) is 2.55. The second kappa shape index (κ2) is 6.17. The summed E-state index contributed by atoms with van der Waals surface area (Å²) >= 11 is 0. The first-order chi connectivity index (χ1) is 5.95. The van der Waals surface area contributed by atoms with Crippen LogP contribution in [0.25, 0.3) is 0 Å². The van der Waals surface area contributed by atoms with Gasteiger partial charge in [0, 0.05) is 6.61 Å². The van der Waals surface area contributed by atoms with Gasteiger partial charge in [-0.1, -0.05) is 0 Å². The molecule has 0 radical (unpaired) electrons. The zero-order chi connectivity index (χ0) is 10.3. The van der Waals surface area contributed by atoms with Crippen LogP contribution in [0.2, 0.25) is 0 Å². The van der Waals surface area contributed by atoms with Crippen molar-refractivity contribution in [2.45, 2.75) is 19.1 Å². The highest BCUT2D eigenvalue weighted by atomic mass is 19.4. The summed E-state index contributed by atoms with van der Waals surface area (Å²) < 4.78 is 43.9. The number of nitrogens with two attached hydrogens (primary N) is 1. The third-order valence-electron chi connectivity index (χ3n) is 1.13. The molecule has 0 saturated heterocycles. The van der Waals surface area contributed by atoms with Gasteiger partial charge in [0.15, 0.2) is 0 Å². The third-order valence-corrected chi connectivity index (χ3v) is 1.13. The first kappa shape index (κ1) is 12.7. The molecule has 0 bridgehead atoms. The molecule has 0 heterocycles. The molecule has 13 heavy (non-hydrogen) atoms. The summed E-state index contributed by atoms with van der Waals surface area (Å²) in [6.45, 7) is 1.09. The van der Waals surface area contributed by atoms with Crippen molar-refractivity contribution in [3.8, 4) is 0 Å². The molecule has 3 nitrogen and oxygen atoms in total. The summed E-state index contributed by atoms with van der Waals surface area (Å²) in [6, 6.07) is -0.498. The Morgan fingerprint density at radius 1 is 1.23 bits per heavy atom.